The van der Waals surface area contributed by atoms with Gasteiger partial charge in [-0.25, -0.2) is 8.42 Å². The molecular formula is C20H13ClO3S3. The monoisotopic (exact) mass is 432 g/mol. The molecule has 0 radical (unpaired) electrons. The molecule has 2 heterocycles. The van der Waals surface area contributed by atoms with Gasteiger partial charge in [-0.1, -0.05) is 35.9 Å². The Kier molecular flexibility index (Phi) is 4.68. The predicted molar refractivity (Wildman–Crippen MR) is 115 cm³/mol. The first-order chi connectivity index (χ1) is 12.8. The van der Waals surface area contributed by atoms with Gasteiger partial charge < -0.3 is 0 Å². The summed E-state index contributed by atoms with van der Waals surface area (Å²) in [5.74, 6) is 0. The summed E-state index contributed by atoms with van der Waals surface area (Å²) >= 11 is 8.97. The molecule has 0 amide bonds. The maximum absolute atomic E-state index is 13.2. The highest BCUT2D eigenvalue weighted by atomic mass is 35.5. The van der Waals surface area contributed by atoms with Crippen molar-refractivity contribution < 1.29 is 8.42 Å². The van der Waals surface area contributed by atoms with Gasteiger partial charge in [0.1, 0.15) is 0 Å². The van der Waals surface area contributed by atoms with E-state index in [0.717, 1.165) is 20.0 Å². The molecule has 2 aromatic heterocycles. The van der Waals surface area contributed by atoms with Crippen LogP contribution >= 0.6 is 34.3 Å². The molecule has 0 saturated heterocycles. The van der Waals surface area contributed by atoms with E-state index in [1.165, 1.54) is 28.9 Å². The summed E-state index contributed by atoms with van der Waals surface area (Å²) in [5, 5.41) is 0.665. The highest BCUT2D eigenvalue weighted by Crippen LogP contribution is 2.40. The van der Waals surface area contributed by atoms with E-state index in [2.05, 4.69) is 0 Å². The van der Waals surface area contributed by atoms with Crippen LogP contribution in [-0.4, -0.2) is 14.7 Å². The van der Waals surface area contributed by atoms with Crippen LogP contribution in [0.1, 0.15) is 0 Å². The van der Waals surface area contributed by atoms with Crippen LogP contribution in [0.15, 0.2) is 70.4 Å². The van der Waals surface area contributed by atoms with Crippen molar-refractivity contribution >= 4 is 54.2 Å². The van der Waals surface area contributed by atoms with Crippen LogP contribution in [0.2, 0.25) is 4.34 Å². The molecule has 0 aliphatic carbocycles. The lowest BCUT2D eigenvalue weighted by Crippen LogP contribution is -2.05. The van der Waals surface area contributed by atoms with Crippen molar-refractivity contribution in [2.24, 2.45) is 0 Å². The van der Waals surface area contributed by atoms with Crippen molar-refractivity contribution in [3.63, 3.8) is 0 Å². The van der Waals surface area contributed by atoms with Gasteiger partial charge in [0.2, 0.25) is 0 Å². The first kappa shape index (κ1) is 18.4. The van der Waals surface area contributed by atoms with Gasteiger partial charge >= 0.3 is 0 Å². The second-order valence-electron chi connectivity index (χ2n) is 6.03. The molecule has 0 unspecified atom stereocenters. The average Bonchev–Trinajstić information content (AvgIpc) is 3.07. The van der Waals surface area contributed by atoms with Crippen LogP contribution in [0.3, 0.4) is 0 Å². The molecule has 3 nitrogen and oxygen atoms in total. The maximum atomic E-state index is 13.2. The maximum Gasteiger partial charge on any atom is 0.197 e. The van der Waals surface area contributed by atoms with Crippen molar-refractivity contribution in [3.8, 4) is 20.9 Å². The number of halogens is 1. The summed E-state index contributed by atoms with van der Waals surface area (Å²) in [6.07, 6.45) is 1.18. The number of thiophene rings is 1. The van der Waals surface area contributed by atoms with Crippen molar-refractivity contribution in [1.29, 1.82) is 0 Å². The molecule has 4 rings (SSSR count). The zero-order chi connectivity index (χ0) is 19.2. The van der Waals surface area contributed by atoms with E-state index in [1.807, 2.05) is 30.3 Å². The molecule has 2 aromatic carbocycles. The van der Waals surface area contributed by atoms with Gasteiger partial charge in [-0.05, 0) is 42.0 Å². The topological polar surface area (TPSA) is 51.2 Å². The molecule has 0 atom stereocenters. The number of sulfone groups is 1. The highest BCUT2D eigenvalue weighted by Gasteiger charge is 2.18. The van der Waals surface area contributed by atoms with Crippen molar-refractivity contribution in [2.75, 3.05) is 6.26 Å². The van der Waals surface area contributed by atoms with Crippen LogP contribution < -0.4 is 5.43 Å². The summed E-state index contributed by atoms with van der Waals surface area (Å²) in [7, 11) is -3.28. The summed E-state index contributed by atoms with van der Waals surface area (Å²) in [6, 6.07) is 17.7. The Morgan fingerprint density at radius 3 is 2.22 bits per heavy atom. The summed E-state index contributed by atoms with van der Waals surface area (Å²) in [6.45, 7) is 0. The molecule has 7 heteroatoms. The number of fused-ring (bicyclic) bond motifs is 1. The van der Waals surface area contributed by atoms with Gasteiger partial charge in [0.25, 0.3) is 0 Å². The first-order valence-electron chi connectivity index (χ1n) is 7.96. The molecule has 0 N–H and O–H groups in total. The van der Waals surface area contributed by atoms with Crippen LogP contribution in [-0.2, 0) is 9.84 Å². The number of hydrogen-bond donors (Lipinski definition) is 0. The van der Waals surface area contributed by atoms with Gasteiger partial charge in [0.15, 0.2) is 15.3 Å². The molecule has 0 aliphatic rings. The fourth-order valence-corrected chi connectivity index (χ4v) is 5.85. The molecule has 0 fully saturated rings. The van der Waals surface area contributed by atoms with Gasteiger partial charge in [-0.3, -0.25) is 4.79 Å². The average molecular weight is 433 g/mol. The zero-order valence-corrected chi connectivity index (χ0v) is 17.3. The van der Waals surface area contributed by atoms with E-state index < -0.39 is 9.84 Å². The lowest BCUT2D eigenvalue weighted by molar-refractivity contribution is 0.602. The van der Waals surface area contributed by atoms with Gasteiger partial charge in [0.05, 0.1) is 14.8 Å². The molecule has 0 spiro atoms. The molecule has 136 valence electrons. The van der Waals surface area contributed by atoms with Gasteiger partial charge in [0, 0.05) is 26.1 Å². The van der Waals surface area contributed by atoms with Crippen LogP contribution in [0, 0.1) is 0 Å². The van der Waals surface area contributed by atoms with E-state index in [9.17, 15) is 13.2 Å². The zero-order valence-electron chi connectivity index (χ0n) is 14.1. The predicted octanol–water partition coefficient (Wildman–Crippen LogP) is 5.71. The highest BCUT2D eigenvalue weighted by molar-refractivity contribution is 7.90. The normalized spacial score (nSPS) is 11.8. The van der Waals surface area contributed by atoms with E-state index in [-0.39, 0.29) is 10.3 Å². The molecule has 0 bridgehead atoms. The second kappa shape index (κ2) is 6.87. The summed E-state index contributed by atoms with van der Waals surface area (Å²) in [4.78, 5) is 15.1. The standard InChI is InChI=1S/C20H13ClO3S3/c1-27(23,24)13-8-6-12(7-9-13)20-18(16-10-11-17(21)25-16)19(22)14-4-2-3-5-15(14)26-20/h2-11H,1H3. The fourth-order valence-electron chi connectivity index (χ4n) is 2.87. The first-order valence-corrected chi connectivity index (χ1v) is 11.9. The minimum absolute atomic E-state index is 0.0509. The quantitative estimate of drug-likeness (QED) is 0.416. The van der Waals surface area contributed by atoms with E-state index in [1.54, 1.807) is 30.3 Å². The SMILES string of the molecule is CS(=O)(=O)c1ccc(-c2sc3ccccc3c(=O)c2-c2ccc(Cl)s2)cc1. The minimum atomic E-state index is -3.28. The molecule has 0 saturated carbocycles. The van der Waals surface area contributed by atoms with E-state index in [0.29, 0.717) is 15.3 Å². The van der Waals surface area contributed by atoms with Crippen LogP contribution in [0.5, 0.6) is 0 Å². The summed E-state index contributed by atoms with van der Waals surface area (Å²) in [5.41, 5.74) is 1.35. The second-order valence-corrected chi connectivity index (χ2v) is 10.8. The Morgan fingerprint density at radius 1 is 0.889 bits per heavy atom. The van der Waals surface area contributed by atoms with E-state index in [4.69, 9.17) is 11.6 Å². The molecule has 4 aromatic rings. The molecular weight excluding hydrogens is 420 g/mol. The Morgan fingerprint density at radius 2 is 1.59 bits per heavy atom. The largest absolute Gasteiger partial charge is 0.288 e. The number of rotatable bonds is 3. The Balaban J connectivity index is 2.03. The van der Waals surface area contributed by atoms with Crippen LogP contribution in [0.4, 0.5) is 0 Å². The lowest BCUT2D eigenvalue weighted by atomic mass is 10.1. The van der Waals surface area contributed by atoms with Crippen LogP contribution in [0.25, 0.3) is 31.0 Å². The Bertz CT molecular complexity index is 1320. The lowest BCUT2D eigenvalue weighted by Gasteiger charge is -2.10. The molecule has 0 aliphatic heterocycles. The van der Waals surface area contributed by atoms with Gasteiger partial charge in [-0.15, -0.1) is 22.7 Å². The summed E-state index contributed by atoms with van der Waals surface area (Å²) < 4.78 is 25.0. The van der Waals surface area contributed by atoms with Gasteiger partial charge in [-0.2, -0.15) is 0 Å². The smallest absolute Gasteiger partial charge is 0.197 e. The Hall–Kier alpha value is -1.99. The number of benzene rings is 2. The third-order valence-corrected chi connectivity index (χ3v) is 7.76. The minimum Gasteiger partial charge on any atom is -0.288 e. The third kappa shape index (κ3) is 3.46. The van der Waals surface area contributed by atoms with Crippen molar-refractivity contribution in [2.45, 2.75) is 4.90 Å². The molecule has 27 heavy (non-hydrogen) atoms. The van der Waals surface area contributed by atoms with Crippen molar-refractivity contribution in [1.82, 2.24) is 0 Å². The Labute approximate surface area is 169 Å². The van der Waals surface area contributed by atoms with E-state index >= 15 is 0 Å². The van der Waals surface area contributed by atoms with Crippen molar-refractivity contribution in [3.05, 3.63) is 75.2 Å². The number of hydrogen-bond acceptors (Lipinski definition) is 5. The third-order valence-electron chi connectivity index (χ3n) is 4.16. The fraction of sp³-hybridized carbons (Fsp3) is 0.0500.